The van der Waals surface area contributed by atoms with Crippen molar-refractivity contribution in [3.8, 4) is 11.1 Å². The SMILES string of the molecule is CCOC(=O)CNC(=O)NCc1cccc(-c2ccc([C@H]3O[C@@H](CSc4ccccn4)C[C@@H](c4ccc(CO)cc4)O3)cc2)c1. The first-order valence-electron chi connectivity index (χ1n) is 14.9. The maximum atomic E-state index is 12.1. The highest BCUT2D eigenvalue weighted by atomic mass is 32.2. The molecular formula is C35H37N3O6S. The second kappa shape index (κ2) is 16.2. The van der Waals surface area contributed by atoms with Gasteiger partial charge in [0.15, 0.2) is 6.29 Å². The molecule has 10 heteroatoms. The zero-order chi connectivity index (χ0) is 31.4. The summed E-state index contributed by atoms with van der Waals surface area (Å²) in [6.45, 7) is 2.11. The second-order valence-corrected chi connectivity index (χ2v) is 11.5. The van der Waals surface area contributed by atoms with E-state index in [-0.39, 0.29) is 32.0 Å². The Morgan fingerprint density at radius 3 is 2.44 bits per heavy atom. The van der Waals surface area contributed by atoms with E-state index < -0.39 is 18.3 Å². The number of carbonyl (C=O) groups excluding carboxylic acids is 2. The van der Waals surface area contributed by atoms with Crippen molar-refractivity contribution in [1.29, 1.82) is 0 Å². The van der Waals surface area contributed by atoms with Crippen LogP contribution in [0.3, 0.4) is 0 Å². The van der Waals surface area contributed by atoms with Crippen LogP contribution in [0.25, 0.3) is 11.1 Å². The van der Waals surface area contributed by atoms with Gasteiger partial charge in [-0.25, -0.2) is 9.78 Å². The van der Waals surface area contributed by atoms with Crippen LogP contribution in [0.1, 0.15) is 48.0 Å². The van der Waals surface area contributed by atoms with Gasteiger partial charge in [-0.2, -0.15) is 0 Å². The fraction of sp³-hybridized carbons (Fsp3) is 0.286. The van der Waals surface area contributed by atoms with Gasteiger partial charge in [-0.15, -0.1) is 11.8 Å². The lowest BCUT2D eigenvalue weighted by atomic mass is 9.99. The average molecular weight is 628 g/mol. The quantitative estimate of drug-likeness (QED) is 0.130. The van der Waals surface area contributed by atoms with Crippen LogP contribution in [0.2, 0.25) is 0 Å². The van der Waals surface area contributed by atoms with E-state index in [1.807, 2.05) is 91.0 Å². The minimum absolute atomic E-state index is 0.000888. The summed E-state index contributed by atoms with van der Waals surface area (Å²) in [5.41, 5.74) is 5.76. The summed E-state index contributed by atoms with van der Waals surface area (Å²) in [5.74, 6) is 0.259. The number of rotatable bonds is 12. The van der Waals surface area contributed by atoms with Crippen LogP contribution in [-0.2, 0) is 32.2 Å². The summed E-state index contributed by atoms with van der Waals surface area (Å²) in [5, 5.41) is 15.7. The first kappa shape index (κ1) is 32.2. The van der Waals surface area contributed by atoms with Gasteiger partial charge in [0.2, 0.25) is 0 Å². The molecule has 4 aromatic rings. The topological polar surface area (TPSA) is 119 Å². The summed E-state index contributed by atoms with van der Waals surface area (Å²) < 4.78 is 17.8. The molecule has 234 valence electrons. The minimum Gasteiger partial charge on any atom is -0.465 e. The molecule has 1 aromatic heterocycles. The van der Waals surface area contributed by atoms with E-state index >= 15 is 0 Å². The van der Waals surface area contributed by atoms with Gasteiger partial charge in [0.05, 0.1) is 30.4 Å². The third-order valence-corrected chi connectivity index (χ3v) is 8.34. The van der Waals surface area contributed by atoms with Gasteiger partial charge < -0.3 is 30.0 Å². The van der Waals surface area contributed by atoms with E-state index in [1.54, 1.807) is 24.9 Å². The number of ether oxygens (including phenoxy) is 3. The molecule has 1 saturated heterocycles. The number of pyridine rings is 1. The molecule has 1 fully saturated rings. The van der Waals surface area contributed by atoms with E-state index in [9.17, 15) is 14.7 Å². The van der Waals surface area contributed by atoms with E-state index in [1.165, 1.54) is 0 Å². The van der Waals surface area contributed by atoms with Crippen LogP contribution in [0.5, 0.6) is 0 Å². The van der Waals surface area contributed by atoms with E-state index in [0.29, 0.717) is 13.0 Å². The first-order valence-corrected chi connectivity index (χ1v) is 15.9. The van der Waals surface area contributed by atoms with Crippen LogP contribution < -0.4 is 10.6 Å². The number of aromatic nitrogens is 1. The Labute approximate surface area is 267 Å². The van der Waals surface area contributed by atoms with Gasteiger partial charge in [0.25, 0.3) is 0 Å². The van der Waals surface area contributed by atoms with Crippen LogP contribution >= 0.6 is 11.8 Å². The van der Waals surface area contributed by atoms with Crippen molar-refractivity contribution in [3.05, 3.63) is 119 Å². The van der Waals surface area contributed by atoms with Crippen molar-refractivity contribution in [2.45, 2.75) is 50.0 Å². The number of aliphatic hydroxyl groups excluding tert-OH is 1. The largest absolute Gasteiger partial charge is 0.465 e. The number of hydrogen-bond acceptors (Lipinski definition) is 8. The Balaban J connectivity index is 1.25. The van der Waals surface area contributed by atoms with Gasteiger partial charge in [-0.1, -0.05) is 72.8 Å². The van der Waals surface area contributed by atoms with Crippen molar-refractivity contribution >= 4 is 23.8 Å². The smallest absolute Gasteiger partial charge is 0.325 e. The molecule has 0 spiro atoms. The summed E-state index contributed by atoms with van der Waals surface area (Å²) in [7, 11) is 0. The van der Waals surface area contributed by atoms with Crippen molar-refractivity contribution in [3.63, 3.8) is 0 Å². The Hall–Kier alpha value is -4.22. The van der Waals surface area contributed by atoms with Gasteiger partial charge in [-0.3, -0.25) is 4.79 Å². The fourth-order valence-corrected chi connectivity index (χ4v) is 5.82. The molecule has 3 aromatic carbocycles. The van der Waals surface area contributed by atoms with Crippen molar-refractivity contribution < 1.29 is 28.9 Å². The molecule has 3 atom stereocenters. The van der Waals surface area contributed by atoms with E-state index in [0.717, 1.165) is 44.2 Å². The third-order valence-electron chi connectivity index (χ3n) is 7.26. The monoisotopic (exact) mass is 627 g/mol. The molecule has 9 nitrogen and oxygen atoms in total. The molecule has 0 radical (unpaired) electrons. The number of carbonyl (C=O) groups is 2. The van der Waals surface area contributed by atoms with Crippen molar-refractivity contribution in [1.82, 2.24) is 15.6 Å². The van der Waals surface area contributed by atoms with Gasteiger partial charge in [-0.05, 0) is 52.9 Å². The molecule has 2 amide bonds. The summed E-state index contributed by atoms with van der Waals surface area (Å²) in [6.07, 6.45) is 1.73. The molecule has 0 unspecified atom stereocenters. The normalized spacial score (nSPS) is 17.8. The molecule has 5 rings (SSSR count). The van der Waals surface area contributed by atoms with Crippen LogP contribution in [0.4, 0.5) is 4.79 Å². The molecule has 3 N–H and O–H groups in total. The predicted octanol–water partition coefficient (Wildman–Crippen LogP) is 5.94. The number of aliphatic hydroxyl groups is 1. The van der Waals surface area contributed by atoms with Crippen molar-refractivity contribution in [2.75, 3.05) is 18.9 Å². The summed E-state index contributed by atoms with van der Waals surface area (Å²) in [6, 6.07) is 29.4. The Morgan fingerprint density at radius 2 is 1.71 bits per heavy atom. The number of urea groups is 1. The van der Waals surface area contributed by atoms with Crippen molar-refractivity contribution in [2.24, 2.45) is 0 Å². The minimum atomic E-state index is -0.548. The molecule has 0 bridgehead atoms. The van der Waals surface area contributed by atoms with Gasteiger partial charge in [0.1, 0.15) is 6.54 Å². The highest BCUT2D eigenvalue weighted by molar-refractivity contribution is 7.99. The number of thioether (sulfide) groups is 1. The number of benzene rings is 3. The predicted molar refractivity (Wildman–Crippen MR) is 172 cm³/mol. The highest BCUT2D eigenvalue weighted by Gasteiger charge is 2.32. The maximum absolute atomic E-state index is 12.1. The zero-order valence-electron chi connectivity index (χ0n) is 25.1. The molecular weight excluding hydrogens is 590 g/mol. The fourth-order valence-electron chi connectivity index (χ4n) is 4.94. The summed E-state index contributed by atoms with van der Waals surface area (Å²) in [4.78, 5) is 28.0. The zero-order valence-corrected chi connectivity index (χ0v) is 25.9. The number of nitrogens with one attached hydrogen (secondary N) is 2. The van der Waals surface area contributed by atoms with Crippen LogP contribution in [-0.4, -0.2) is 47.1 Å². The van der Waals surface area contributed by atoms with Gasteiger partial charge >= 0.3 is 12.0 Å². The molecule has 2 heterocycles. The standard InChI is InChI=1S/C35H37N3O6S/c1-2-42-33(40)21-38-35(41)37-20-25-6-5-7-29(18-25)26-13-15-28(16-14-26)34-43-30(23-45-32-8-3-4-17-36-32)19-31(44-34)27-11-9-24(22-39)10-12-27/h3-18,30-31,34,39H,2,19-23H2,1H3,(H2,37,38,41)/t30-,31+,34+/m1/s1. The third kappa shape index (κ3) is 9.39. The lowest BCUT2D eigenvalue weighted by Gasteiger charge is -2.36. The summed E-state index contributed by atoms with van der Waals surface area (Å²) >= 11 is 1.66. The Kier molecular flexibility index (Phi) is 11.6. The molecule has 1 aliphatic heterocycles. The number of nitrogens with zero attached hydrogens (tertiary/aromatic N) is 1. The maximum Gasteiger partial charge on any atom is 0.325 e. The van der Waals surface area contributed by atoms with E-state index in [2.05, 4.69) is 15.6 Å². The Morgan fingerprint density at radius 1 is 0.911 bits per heavy atom. The highest BCUT2D eigenvalue weighted by Crippen LogP contribution is 2.39. The average Bonchev–Trinajstić information content (AvgIpc) is 3.09. The lowest BCUT2D eigenvalue weighted by molar-refractivity contribution is -0.245. The molecule has 0 saturated carbocycles. The van der Waals surface area contributed by atoms with Crippen LogP contribution in [0, 0.1) is 0 Å². The second-order valence-electron chi connectivity index (χ2n) is 10.5. The lowest BCUT2D eigenvalue weighted by Crippen LogP contribution is -2.38. The Bertz CT molecular complexity index is 1540. The van der Waals surface area contributed by atoms with Crippen LogP contribution in [0.15, 0.2) is 102 Å². The van der Waals surface area contributed by atoms with E-state index in [4.69, 9.17) is 14.2 Å². The number of esters is 1. The van der Waals surface area contributed by atoms with Gasteiger partial charge in [0, 0.05) is 30.5 Å². The first-order chi connectivity index (χ1) is 22.0. The molecule has 0 aliphatic carbocycles. The number of hydrogen-bond donors (Lipinski definition) is 3. The number of amides is 2. The molecule has 45 heavy (non-hydrogen) atoms. The molecule has 1 aliphatic rings.